The lowest BCUT2D eigenvalue weighted by molar-refractivity contribution is -0.137. The van der Waals surface area contributed by atoms with Gasteiger partial charge in [-0.25, -0.2) is 4.98 Å². The van der Waals surface area contributed by atoms with Gasteiger partial charge in [0.05, 0.1) is 35.3 Å². The van der Waals surface area contributed by atoms with E-state index in [0.717, 1.165) is 28.7 Å². The van der Waals surface area contributed by atoms with Gasteiger partial charge in [-0.05, 0) is 35.9 Å². The van der Waals surface area contributed by atoms with Gasteiger partial charge >= 0.3 is 6.18 Å². The summed E-state index contributed by atoms with van der Waals surface area (Å²) in [4.78, 5) is 11.2. The summed E-state index contributed by atoms with van der Waals surface area (Å²) in [7, 11) is 0. The van der Waals surface area contributed by atoms with E-state index in [2.05, 4.69) is 14.9 Å². The lowest BCUT2D eigenvalue weighted by atomic mass is 10.2. The number of hydrogen-bond acceptors (Lipinski definition) is 4. The number of aromatic nitrogens is 2. The van der Waals surface area contributed by atoms with Crippen molar-refractivity contribution in [2.24, 2.45) is 4.99 Å². The largest absolute Gasteiger partial charge is 0.467 e. The van der Waals surface area contributed by atoms with Gasteiger partial charge in [-0.15, -0.1) is 0 Å². The summed E-state index contributed by atoms with van der Waals surface area (Å²) in [5.41, 5.74) is 1.25. The molecule has 1 fully saturated rings. The van der Waals surface area contributed by atoms with E-state index < -0.39 is 11.7 Å². The lowest BCUT2D eigenvalue weighted by Crippen LogP contribution is -2.37. The van der Waals surface area contributed by atoms with Crippen LogP contribution in [-0.2, 0) is 19.3 Å². The second kappa shape index (κ2) is 7.81. The molecular formula is C22H17F3N4OS. The smallest absolute Gasteiger partial charge is 0.416 e. The van der Waals surface area contributed by atoms with Crippen LogP contribution in [0.15, 0.2) is 76.3 Å². The van der Waals surface area contributed by atoms with E-state index >= 15 is 0 Å². The molecule has 0 atom stereocenters. The first-order chi connectivity index (χ1) is 15.0. The van der Waals surface area contributed by atoms with Crippen LogP contribution in [0.5, 0.6) is 0 Å². The van der Waals surface area contributed by atoms with Crippen molar-refractivity contribution in [3.63, 3.8) is 0 Å². The summed E-state index contributed by atoms with van der Waals surface area (Å²) in [6.45, 7) is 1.04. The van der Waals surface area contributed by atoms with Crippen LogP contribution in [0, 0.1) is 0 Å². The van der Waals surface area contributed by atoms with Gasteiger partial charge in [0.1, 0.15) is 5.76 Å². The Labute approximate surface area is 180 Å². The number of furan rings is 1. The van der Waals surface area contributed by atoms with Gasteiger partial charge in [0.2, 0.25) is 5.95 Å². The zero-order valence-electron chi connectivity index (χ0n) is 16.2. The van der Waals surface area contributed by atoms with Crippen molar-refractivity contribution in [3.8, 4) is 0 Å². The fraction of sp³-hybridized carbons (Fsp3) is 0.182. The third-order valence-electron chi connectivity index (χ3n) is 4.98. The zero-order valence-corrected chi connectivity index (χ0v) is 17.0. The van der Waals surface area contributed by atoms with Crippen molar-refractivity contribution in [1.29, 1.82) is 0 Å². The Morgan fingerprint density at radius 1 is 1.03 bits per heavy atom. The van der Waals surface area contributed by atoms with Crippen molar-refractivity contribution >= 4 is 33.9 Å². The highest BCUT2D eigenvalue weighted by molar-refractivity contribution is 8.15. The summed E-state index contributed by atoms with van der Waals surface area (Å²) in [5, 5.41) is 0.788. The normalized spacial score (nSPS) is 15.6. The first kappa shape index (κ1) is 19.7. The second-order valence-electron chi connectivity index (χ2n) is 7.13. The molecule has 0 amide bonds. The molecule has 1 aliphatic rings. The van der Waals surface area contributed by atoms with E-state index in [9.17, 15) is 13.2 Å². The molecule has 0 saturated carbocycles. The van der Waals surface area contributed by atoms with Crippen LogP contribution < -0.4 is 0 Å². The number of fused-ring (bicyclic) bond motifs is 1. The van der Waals surface area contributed by atoms with Gasteiger partial charge in [-0.3, -0.25) is 0 Å². The number of imidazole rings is 1. The van der Waals surface area contributed by atoms with Crippen LogP contribution in [0.4, 0.5) is 19.1 Å². The standard InChI is InChI=1S/C22H17F3N4OS/c23-22(24,25)16-8-9-19-18(11-16)26-20(29(19)13-17-7-4-10-30-17)27-21-28(14-31-21)12-15-5-2-1-3-6-15/h1-11H,12-14H2/b27-21-. The number of hydrogen-bond donors (Lipinski definition) is 0. The van der Waals surface area contributed by atoms with Gasteiger partial charge in [-0.2, -0.15) is 18.2 Å². The fourth-order valence-electron chi connectivity index (χ4n) is 3.41. The average Bonchev–Trinajstić information content (AvgIpc) is 3.37. The number of rotatable bonds is 5. The molecule has 2 aromatic carbocycles. The highest BCUT2D eigenvalue weighted by Gasteiger charge is 2.31. The number of aliphatic imine (C=N–C) groups is 1. The molecule has 9 heteroatoms. The highest BCUT2D eigenvalue weighted by atomic mass is 32.2. The topological polar surface area (TPSA) is 46.6 Å². The van der Waals surface area contributed by atoms with Crippen molar-refractivity contribution < 1.29 is 17.6 Å². The predicted molar refractivity (Wildman–Crippen MR) is 114 cm³/mol. The third kappa shape index (κ3) is 4.05. The molecule has 0 bridgehead atoms. The number of nitrogens with zero attached hydrogens (tertiary/aromatic N) is 4. The molecule has 5 rings (SSSR count). The quantitative estimate of drug-likeness (QED) is 0.387. The number of thioether (sulfide) groups is 1. The van der Waals surface area contributed by atoms with Crippen molar-refractivity contribution in [2.45, 2.75) is 19.3 Å². The van der Waals surface area contributed by atoms with Crippen molar-refractivity contribution in [3.05, 3.63) is 83.8 Å². The molecule has 158 valence electrons. The van der Waals surface area contributed by atoms with Gasteiger partial charge in [0, 0.05) is 6.54 Å². The second-order valence-corrected chi connectivity index (χ2v) is 8.04. The third-order valence-corrected chi connectivity index (χ3v) is 6.03. The molecular weight excluding hydrogens is 425 g/mol. The number of benzene rings is 2. The minimum atomic E-state index is -4.43. The Bertz CT molecular complexity index is 1230. The maximum Gasteiger partial charge on any atom is 0.416 e. The molecule has 5 nitrogen and oxygen atoms in total. The van der Waals surface area contributed by atoms with Crippen LogP contribution >= 0.6 is 11.8 Å². The van der Waals surface area contributed by atoms with E-state index in [-0.39, 0.29) is 5.52 Å². The van der Waals surface area contributed by atoms with Crippen molar-refractivity contribution in [1.82, 2.24) is 14.5 Å². The number of halogens is 3. The molecule has 0 radical (unpaired) electrons. The first-order valence-electron chi connectivity index (χ1n) is 9.57. The minimum Gasteiger partial charge on any atom is -0.467 e. The Morgan fingerprint density at radius 3 is 2.55 bits per heavy atom. The number of amidine groups is 1. The lowest BCUT2D eigenvalue weighted by Gasteiger charge is -2.33. The fourth-order valence-corrected chi connectivity index (χ4v) is 4.14. The predicted octanol–water partition coefficient (Wildman–Crippen LogP) is 5.89. The maximum absolute atomic E-state index is 13.2. The van der Waals surface area contributed by atoms with Crippen LogP contribution in [-0.4, -0.2) is 25.5 Å². The molecule has 0 unspecified atom stereocenters. The Balaban J connectivity index is 1.52. The van der Waals surface area contributed by atoms with Crippen LogP contribution in [0.1, 0.15) is 16.9 Å². The summed E-state index contributed by atoms with van der Waals surface area (Å²) in [5.74, 6) is 1.82. The maximum atomic E-state index is 13.2. The average molecular weight is 442 g/mol. The Morgan fingerprint density at radius 2 is 1.87 bits per heavy atom. The summed E-state index contributed by atoms with van der Waals surface area (Å²) < 4.78 is 46.7. The summed E-state index contributed by atoms with van der Waals surface area (Å²) in [6.07, 6.45) is -2.87. The van der Waals surface area contributed by atoms with Gasteiger partial charge in [-0.1, -0.05) is 42.1 Å². The molecule has 0 aliphatic carbocycles. The molecule has 3 heterocycles. The van der Waals surface area contributed by atoms with Crippen LogP contribution in [0.2, 0.25) is 0 Å². The van der Waals surface area contributed by atoms with Crippen molar-refractivity contribution in [2.75, 3.05) is 5.88 Å². The molecule has 4 aromatic rings. The van der Waals surface area contributed by atoms with Gasteiger partial charge < -0.3 is 13.9 Å². The van der Waals surface area contributed by atoms with Crippen LogP contribution in [0.3, 0.4) is 0 Å². The van der Waals surface area contributed by atoms with E-state index in [1.54, 1.807) is 28.7 Å². The van der Waals surface area contributed by atoms with Gasteiger partial charge in [0.15, 0.2) is 5.17 Å². The molecule has 0 N–H and O–H groups in total. The highest BCUT2D eigenvalue weighted by Crippen LogP contribution is 2.34. The summed E-state index contributed by atoms with van der Waals surface area (Å²) in [6, 6.07) is 17.2. The van der Waals surface area contributed by atoms with E-state index in [4.69, 9.17) is 4.42 Å². The zero-order chi connectivity index (χ0) is 21.4. The molecule has 2 aromatic heterocycles. The Kier molecular flexibility index (Phi) is 4.97. The molecule has 31 heavy (non-hydrogen) atoms. The SMILES string of the molecule is FC(F)(F)c1ccc2c(c1)nc(/N=C1\SCN1Cc1ccccc1)n2Cc1ccco1. The van der Waals surface area contributed by atoms with E-state index in [0.29, 0.717) is 30.3 Å². The minimum absolute atomic E-state index is 0.250. The molecule has 1 aliphatic heterocycles. The number of alkyl halides is 3. The first-order valence-corrected chi connectivity index (χ1v) is 10.6. The van der Waals surface area contributed by atoms with E-state index in [1.807, 2.05) is 36.4 Å². The monoisotopic (exact) mass is 442 g/mol. The molecule has 1 saturated heterocycles. The summed E-state index contributed by atoms with van der Waals surface area (Å²) >= 11 is 1.58. The Hall–Kier alpha value is -3.20. The molecule has 0 spiro atoms. The van der Waals surface area contributed by atoms with Gasteiger partial charge in [0.25, 0.3) is 0 Å². The van der Waals surface area contributed by atoms with E-state index in [1.165, 1.54) is 6.07 Å². The van der Waals surface area contributed by atoms with Crippen LogP contribution in [0.25, 0.3) is 11.0 Å².